The monoisotopic (exact) mass is 1210 g/mol. The van der Waals surface area contributed by atoms with Crippen molar-refractivity contribution in [2.45, 2.75) is 179 Å². The zero-order valence-electron chi connectivity index (χ0n) is 59.9. The normalized spacial score (nSPS) is 13.1. The SMILES string of the molecule is CC.CC(CCC[NH+]=C(N)N)C(=O)O.CCCCN(C)C.CCCCN1CCN(C)CC1.CCCCN1CCOCC1.CCCC[N+](C)(C)C.CCCCn1cc[n+](C)c1.CCC[N+](C)(C)C.CCC[NH+]=C(N)N.CCC[NH3+].Cn1ccnc1. The summed E-state index contributed by atoms with van der Waals surface area (Å²) in [6.07, 6.45) is 29.8. The van der Waals surface area contributed by atoms with E-state index in [1.807, 2.05) is 38.7 Å². The van der Waals surface area contributed by atoms with E-state index in [1.54, 1.807) is 19.4 Å². The first kappa shape index (κ1) is 93.8. The van der Waals surface area contributed by atoms with Crippen molar-refractivity contribution in [1.82, 2.24) is 33.7 Å². The number of ether oxygens (including phenoxy) is 1. The van der Waals surface area contributed by atoms with Gasteiger partial charge in [-0.15, -0.1) is 0 Å². The average molecular weight is 1210 g/mol. The Hall–Kier alpha value is -3.89. The van der Waals surface area contributed by atoms with Crippen LogP contribution in [0.5, 0.6) is 0 Å². The summed E-state index contributed by atoms with van der Waals surface area (Å²) >= 11 is 0. The lowest BCUT2D eigenvalue weighted by Crippen LogP contribution is -2.78. The maximum Gasteiger partial charge on any atom is 0.338 e. The smallest absolute Gasteiger partial charge is 0.338 e. The summed E-state index contributed by atoms with van der Waals surface area (Å²) in [4.78, 5) is 29.3. The van der Waals surface area contributed by atoms with Crippen molar-refractivity contribution in [3.63, 3.8) is 0 Å². The minimum Gasteiger partial charge on any atom is -0.481 e. The molecule has 0 aromatic carbocycles. The molecule has 2 fully saturated rings. The lowest BCUT2D eigenvalue weighted by molar-refractivity contribution is -0.870. The van der Waals surface area contributed by atoms with E-state index in [-0.39, 0.29) is 11.9 Å². The lowest BCUT2D eigenvalue weighted by atomic mass is 10.1. The number of nitrogens with one attached hydrogen (secondary N) is 2. The van der Waals surface area contributed by atoms with Crippen LogP contribution in [0, 0.1) is 5.92 Å². The molecule has 0 aliphatic carbocycles. The molecule has 0 spiro atoms. The Labute approximate surface area is 521 Å². The van der Waals surface area contributed by atoms with Gasteiger partial charge in [0.1, 0.15) is 12.4 Å². The zero-order valence-corrected chi connectivity index (χ0v) is 59.9. The lowest BCUT2D eigenvalue weighted by Gasteiger charge is -2.32. The van der Waals surface area contributed by atoms with Crippen LogP contribution in [-0.2, 0) is 30.2 Å². The maximum atomic E-state index is 10.4. The van der Waals surface area contributed by atoms with Crippen molar-refractivity contribution in [2.75, 3.05) is 168 Å². The van der Waals surface area contributed by atoms with Crippen molar-refractivity contribution < 1.29 is 43.9 Å². The number of aromatic nitrogens is 4. The minimum atomic E-state index is -0.764. The Morgan fingerprint density at radius 2 is 1.13 bits per heavy atom. The number of carbonyl (C=O) groups is 1. The third-order valence-corrected chi connectivity index (χ3v) is 12.1. The molecule has 20 nitrogen and oxygen atoms in total. The van der Waals surface area contributed by atoms with E-state index in [9.17, 15) is 4.79 Å². The molecule has 4 heterocycles. The Bertz CT molecular complexity index is 1590. The number of carboxylic acids is 1. The summed E-state index contributed by atoms with van der Waals surface area (Å²) < 4.78 is 13.6. The summed E-state index contributed by atoms with van der Waals surface area (Å²) in [6.45, 7) is 42.5. The summed E-state index contributed by atoms with van der Waals surface area (Å²) in [5, 5.41) is 8.52. The van der Waals surface area contributed by atoms with E-state index < -0.39 is 5.97 Å². The number of imidazole rings is 2. The molecule has 4 rings (SSSR count). The number of aliphatic carboxylic acids is 1. The average Bonchev–Trinajstić information content (AvgIpc) is 4.12. The summed E-state index contributed by atoms with van der Waals surface area (Å²) in [7, 11) is 23.7. The van der Waals surface area contributed by atoms with Gasteiger partial charge in [-0.1, -0.05) is 108 Å². The number of hydrogen-bond donors (Lipinski definition) is 8. The largest absolute Gasteiger partial charge is 0.481 e. The number of carboxylic acid groups (broad SMARTS) is 1. The molecule has 0 bridgehead atoms. The van der Waals surface area contributed by atoms with Crippen LogP contribution in [0.15, 0.2) is 37.4 Å². The maximum absolute atomic E-state index is 10.4. The molecule has 1 atom stereocenters. The summed E-state index contributed by atoms with van der Waals surface area (Å²) in [5.41, 5.74) is 24.0. The molecule has 0 saturated carbocycles. The first-order chi connectivity index (χ1) is 39.6. The van der Waals surface area contributed by atoms with Crippen LogP contribution in [0.2, 0.25) is 0 Å². The van der Waals surface area contributed by atoms with Gasteiger partial charge in [0.15, 0.2) is 0 Å². The third-order valence-electron chi connectivity index (χ3n) is 12.1. The number of aryl methyl sites for hydroxylation is 3. The Morgan fingerprint density at radius 1 is 0.667 bits per heavy atom. The number of rotatable bonds is 25. The van der Waals surface area contributed by atoms with E-state index in [4.69, 9.17) is 32.8 Å². The van der Waals surface area contributed by atoms with E-state index in [0.717, 1.165) is 67.7 Å². The molecule has 0 amide bonds. The summed E-state index contributed by atoms with van der Waals surface area (Å²) in [6, 6.07) is 0. The highest BCUT2D eigenvalue weighted by molar-refractivity contribution is 5.69. The number of guanidine groups is 2. The van der Waals surface area contributed by atoms with Crippen LogP contribution in [0.1, 0.15) is 172 Å². The number of quaternary nitrogens is 3. The Balaban J connectivity index is -0.000000158. The first-order valence-electron chi connectivity index (χ1n) is 32.7. The molecule has 2 aromatic rings. The van der Waals surface area contributed by atoms with Gasteiger partial charge < -0.3 is 43.8 Å². The van der Waals surface area contributed by atoms with Gasteiger partial charge in [0.2, 0.25) is 6.33 Å². The fraction of sp³-hybridized carbons (Fsp3) is 0.859. The van der Waals surface area contributed by atoms with Crippen molar-refractivity contribution >= 4 is 17.9 Å². The standard InChI is InChI=1S/C9H20N2.C8H15N2.C8H17NO.C7H15N3O2.C7H18N.C6H16N.C6H15N.C4H11N3.C4H6N2.C3H9N.C2H6/c1-3-4-5-11-8-6-10(2)7-9-11;1-3-4-5-10-7-6-9(2)8-10;1-2-3-4-9-5-7-10-8-6-9;1-5(6(11)12)3-2-4-10-7(8)9;1-5-6-7-8(2,3)4;1-5-6-7(2,3)4;1-4-5-6-7(2)3;1-2-3-7-4(5)6;1-6-3-2-5-4-6;1-2-3-4;1-2/h3-9H2,1-2H3;6-8H,3-5H2,1-2H3;2-8H2,1H3;5H,2-4H2,1H3,(H,11,12)(H4,8,9,10);5-7H2,1-4H3;5-6H2,1-4H3;4-6H2,1-3H3;2-3H2,1H3,(H4,5,6,7);2-4H,1H3;2-4H2,1H3;1-2H3/q;+1;;;2*+1;;;;;/p+3. The number of nitrogens with zero attached hydrogens (tertiary/aromatic N) is 10. The number of hydrogen-bond acceptors (Lipinski definition) is 7. The molecule has 2 aliphatic rings. The molecular formula is C64H151N17O3+6. The van der Waals surface area contributed by atoms with Gasteiger partial charge in [-0.2, -0.15) is 0 Å². The molecule has 1 unspecified atom stereocenters. The number of likely N-dealkylation sites (N-methyl/N-ethyl adjacent to an activating group) is 1. The van der Waals surface area contributed by atoms with E-state index in [0.29, 0.717) is 18.9 Å². The van der Waals surface area contributed by atoms with Crippen LogP contribution in [0.25, 0.3) is 0 Å². The minimum absolute atomic E-state index is 0.179. The van der Waals surface area contributed by atoms with E-state index in [2.05, 4.69) is 187 Å². The molecule has 14 N–H and O–H groups in total. The van der Waals surface area contributed by atoms with Gasteiger partial charge in [0, 0.05) is 58.7 Å². The number of morpholine rings is 1. The van der Waals surface area contributed by atoms with E-state index >= 15 is 0 Å². The molecule has 84 heavy (non-hydrogen) atoms. The molecule has 504 valence electrons. The van der Waals surface area contributed by atoms with Gasteiger partial charge in [0.25, 0.3) is 0 Å². The van der Waals surface area contributed by atoms with Crippen molar-refractivity contribution in [1.29, 1.82) is 0 Å². The second-order valence-corrected chi connectivity index (χ2v) is 23.7. The van der Waals surface area contributed by atoms with Crippen LogP contribution >= 0.6 is 0 Å². The molecule has 2 saturated heterocycles. The van der Waals surface area contributed by atoms with Crippen molar-refractivity contribution in [2.24, 2.45) is 42.9 Å². The van der Waals surface area contributed by atoms with Crippen LogP contribution in [-0.4, -0.2) is 234 Å². The molecule has 20 heteroatoms. The quantitative estimate of drug-likeness (QED) is 0.0232. The molecule has 0 radical (unpaired) electrons. The highest BCUT2D eigenvalue weighted by Crippen LogP contribution is 2.04. The number of nitrogens with two attached hydrogens (primary N) is 4. The van der Waals surface area contributed by atoms with Crippen LogP contribution in [0.3, 0.4) is 0 Å². The molecular weight excluding hydrogens is 1050 g/mol. The molecule has 2 aliphatic heterocycles. The molecule has 2 aromatic heterocycles. The van der Waals surface area contributed by atoms with E-state index in [1.165, 1.54) is 136 Å². The second-order valence-electron chi connectivity index (χ2n) is 23.7. The predicted molar refractivity (Wildman–Crippen MR) is 363 cm³/mol. The highest BCUT2D eigenvalue weighted by Gasteiger charge is 2.13. The zero-order chi connectivity index (χ0) is 66.0. The Kier molecular flexibility index (Phi) is 78.0. The van der Waals surface area contributed by atoms with Crippen molar-refractivity contribution in [3.05, 3.63) is 37.4 Å². The van der Waals surface area contributed by atoms with Crippen molar-refractivity contribution in [3.8, 4) is 0 Å². The van der Waals surface area contributed by atoms with Gasteiger partial charge >= 0.3 is 17.9 Å². The van der Waals surface area contributed by atoms with Gasteiger partial charge in [-0.3, -0.25) is 42.6 Å². The topological polar surface area (TPSA) is 246 Å². The predicted octanol–water partition coefficient (Wildman–Crippen LogP) is 3.88. The summed E-state index contributed by atoms with van der Waals surface area (Å²) in [5.74, 6) is -0.578. The fourth-order valence-electron chi connectivity index (χ4n) is 6.77. The van der Waals surface area contributed by atoms with Gasteiger partial charge in [0.05, 0.1) is 114 Å². The van der Waals surface area contributed by atoms with Crippen LogP contribution < -0.4 is 43.2 Å². The number of piperazine rings is 1. The fourth-order valence-corrected chi connectivity index (χ4v) is 6.77. The Morgan fingerprint density at radius 3 is 1.42 bits per heavy atom. The highest BCUT2D eigenvalue weighted by atomic mass is 16.5. The van der Waals surface area contributed by atoms with Gasteiger partial charge in [-0.25, -0.2) is 14.1 Å². The van der Waals surface area contributed by atoms with Crippen LogP contribution in [0.4, 0.5) is 0 Å². The van der Waals surface area contributed by atoms with Gasteiger partial charge in [-0.05, 0) is 105 Å². The number of unbranched alkanes of at least 4 members (excludes halogenated alkanes) is 5. The first-order valence-corrected chi connectivity index (χ1v) is 32.7. The second kappa shape index (κ2) is 69.9. The third kappa shape index (κ3) is 91.8.